The molecule has 1 aromatic carbocycles. The fourth-order valence-electron chi connectivity index (χ4n) is 1.22. The predicted molar refractivity (Wildman–Crippen MR) is 62.1 cm³/mol. The Morgan fingerprint density at radius 1 is 1.47 bits per heavy atom. The number of H-pyrrole nitrogens is 1. The largest absolute Gasteiger partial charge is 0.363 e. The van der Waals surface area contributed by atoms with Gasteiger partial charge in [0.1, 0.15) is 11.5 Å². The monoisotopic (exact) mass is 254 g/mol. The molecular weight excluding hydrogens is 247 g/mol. The number of hydrogen-bond acceptors (Lipinski definition) is 4. The van der Waals surface area contributed by atoms with Gasteiger partial charge in [0, 0.05) is 5.69 Å². The fourth-order valence-corrected chi connectivity index (χ4v) is 1.40. The summed E-state index contributed by atoms with van der Waals surface area (Å²) in [4.78, 5) is 14.7. The molecule has 0 atom stereocenters. The summed E-state index contributed by atoms with van der Waals surface area (Å²) in [6.45, 7) is 1.68. The van der Waals surface area contributed by atoms with Gasteiger partial charge in [0.25, 0.3) is 0 Å². The van der Waals surface area contributed by atoms with Gasteiger partial charge < -0.3 is 5.32 Å². The Balaban J connectivity index is 2.34. The second kappa shape index (κ2) is 4.50. The van der Waals surface area contributed by atoms with Crippen molar-refractivity contribution in [2.24, 2.45) is 0 Å². The Bertz CT molecular complexity index is 613. The van der Waals surface area contributed by atoms with Crippen molar-refractivity contribution in [3.63, 3.8) is 0 Å². The van der Waals surface area contributed by atoms with Crippen molar-refractivity contribution in [3.05, 3.63) is 45.2 Å². The normalized spacial score (nSPS) is 10.3. The zero-order valence-electron chi connectivity index (χ0n) is 8.79. The molecule has 1 heterocycles. The first-order valence-electron chi connectivity index (χ1n) is 4.71. The number of nitrogens with one attached hydrogen (secondary N) is 2. The summed E-state index contributed by atoms with van der Waals surface area (Å²) in [6.07, 6.45) is 0. The van der Waals surface area contributed by atoms with Crippen molar-refractivity contribution in [2.45, 2.75) is 6.92 Å². The van der Waals surface area contributed by atoms with Crippen molar-refractivity contribution in [3.8, 4) is 0 Å². The van der Waals surface area contributed by atoms with Gasteiger partial charge in [0.05, 0.1) is 5.02 Å². The second-order valence-corrected chi connectivity index (χ2v) is 3.74. The van der Waals surface area contributed by atoms with Crippen molar-refractivity contribution in [1.29, 1.82) is 0 Å². The summed E-state index contributed by atoms with van der Waals surface area (Å²) in [6, 6.07) is 4.11. The first-order chi connectivity index (χ1) is 8.06. The van der Waals surface area contributed by atoms with Gasteiger partial charge in [-0.3, -0.25) is 0 Å². The number of aromatic amines is 1. The third kappa shape index (κ3) is 2.59. The lowest BCUT2D eigenvalue weighted by molar-refractivity contribution is 0.628. The number of benzene rings is 1. The first kappa shape index (κ1) is 11.5. The van der Waals surface area contributed by atoms with E-state index in [1.54, 1.807) is 6.92 Å². The van der Waals surface area contributed by atoms with E-state index in [1.807, 2.05) is 0 Å². The molecule has 0 fully saturated rings. The molecule has 0 aliphatic heterocycles. The molecule has 2 N–H and O–H groups in total. The number of nitrogens with zero attached hydrogens (tertiary/aromatic N) is 2. The minimum atomic E-state index is -0.564. The number of aryl methyl sites for hydroxylation is 1. The Kier molecular flexibility index (Phi) is 3.06. The van der Waals surface area contributed by atoms with Crippen molar-refractivity contribution in [1.82, 2.24) is 15.2 Å². The molecule has 0 amide bonds. The van der Waals surface area contributed by atoms with E-state index in [9.17, 15) is 9.18 Å². The van der Waals surface area contributed by atoms with E-state index >= 15 is 0 Å². The van der Waals surface area contributed by atoms with Crippen LogP contribution in [0.15, 0.2) is 23.0 Å². The minimum absolute atomic E-state index is 0.00884. The molecular formula is C10H8ClFN4O. The van der Waals surface area contributed by atoms with E-state index in [0.29, 0.717) is 17.2 Å². The summed E-state index contributed by atoms with van der Waals surface area (Å²) in [7, 11) is 0. The summed E-state index contributed by atoms with van der Waals surface area (Å²) >= 11 is 5.63. The molecule has 1 aromatic heterocycles. The first-order valence-corrected chi connectivity index (χ1v) is 5.09. The van der Waals surface area contributed by atoms with E-state index in [1.165, 1.54) is 18.2 Å². The van der Waals surface area contributed by atoms with Gasteiger partial charge in [-0.05, 0) is 25.1 Å². The zero-order valence-corrected chi connectivity index (χ0v) is 9.55. The van der Waals surface area contributed by atoms with Gasteiger partial charge in [-0.2, -0.15) is 10.1 Å². The lowest BCUT2D eigenvalue weighted by Gasteiger charge is -2.07. The average molecular weight is 255 g/mol. The maximum absolute atomic E-state index is 12.9. The third-order valence-electron chi connectivity index (χ3n) is 2.06. The van der Waals surface area contributed by atoms with Crippen LogP contribution < -0.4 is 11.0 Å². The van der Waals surface area contributed by atoms with Gasteiger partial charge in [0.15, 0.2) is 5.82 Å². The molecule has 0 unspecified atom stereocenters. The highest BCUT2D eigenvalue weighted by molar-refractivity contribution is 6.31. The van der Waals surface area contributed by atoms with Crippen LogP contribution in [0.1, 0.15) is 5.69 Å². The van der Waals surface area contributed by atoms with Crippen LogP contribution in [0.25, 0.3) is 0 Å². The lowest BCUT2D eigenvalue weighted by atomic mass is 10.3. The van der Waals surface area contributed by atoms with Crippen LogP contribution in [0, 0.1) is 12.7 Å². The molecule has 2 rings (SSSR count). The second-order valence-electron chi connectivity index (χ2n) is 3.33. The smallest absolute Gasteiger partial charge is 0.338 e. The van der Waals surface area contributed by atoms with Crippen LogP contribution in [-0.4, -0.2) is 15.2 Å². The van der Waals surface area contributed by atoms with Gasteiger partial charge in [-0.15, -0.1) is 0 Å². The topological polar surface area (TPSA) is 70.7 Å². The molecule has 0 aliphatic carbocycles. The maximum atomic E-state index is 12.9. The van der Waals surface area contributed by atoms with Gasteiger partial charge in [-0.25, -0.2) is 14.3 Å². The van der Waals surface area contributed by atoms with Crippen LogP contribution in [0.3, 0.4) is 0 Å². The Morgan fingerprint density at radius 2 is 2.24 bits per heavy atom. The van der Waals surface area contributed by atoms with E-state index in [2.05, 4.69) is 20.5 Å². The Morgan fingerprint density at radius 3 is 2.94 bits per heavy atom. The van der Waals surface area contributed by atoms with Crippen LogP contribution in [-0.2, 0) is 0 Å². The molecule has 0 aliphatic rings. The zero-order chi connectivity index (χ0) is 12.4. The predicted octanol–water partition coefficient (Wildman–Crippen LogP) is 2.01. The summed E-state index contributed by atoms with van der Waals surface area (Å²) in [5.41, 5.74) is 0.482. The van der Waals surface area contributed by atoms with E-state index < -0.39 is 11.5 Å². The highest BCUT2D eigenvalue weighted by atomic mass is 35.5. The maximum Gasteiger partial charge on any atom is 0.363 e. The van der Waals surface area contributed by atoms with Crippen LogP contribution in [0.2, 0.25) is 5.02 Å². The average Bonchev–Trinajstić information content (AvgIpc) is 2.29. The number of rotatable bonds is 2. The fraction of sp³-hybridized carbons (Fsp3) is 0.100. The van der Waals surface area contributed by atoms with Crippen molar-refractivity contribution < 1.29 is 4.39 Å². The van der Waals surface area contributed by atoms with Gasteiger partial charge >= 0.3 is 5.69 Å². The molecule has 5 nitrogen and oxygen atoms in total. The van der Waals surface area contributed by atoms with Gasteiger partial charge in [0.2, 0.25) is 0 Å². The van der Waals surface area contributed by atoms with Gasteiger partial charge in [-0.1, -0.05) is 11.6 Å². The molecule has 0 saturated carbocycles. The van der Waals surface area contributed by atoms with Crippen molar-refractivity contribution in [2.75, 3.05) is 5.32 Å². The number of halogens is 2. The molecule has 0 saturated heterocycles. The molecule has 7 heteroatoms. The Labute approximate surface area is 101 Å². The third-order valence-corrected chi connectivity index (χ3v) is 2.35. The highest BCUT2D eigenvalue weighted by Crippen LogP contribution is 2.22. The highest BCUT2D eigenvalue weighted by Gasteiger charge is 2.05. The summed E-state index contributed by atoms with van der Waals surface area (Å²) in [5, 5.41) is 8.78. The van der Waals surface area contributed by atoms with Crippen LogP contribution in [0.4, 0.5) is 15.9 Å². The van der Waals surface area contributed by atoms with E-state index in [-0.39, 0.29) is 5.02 Å². The molecule has 0 spiro atoms. The minimum Gasteiger partial charge on any atom is -0.338 e. The quantitative estimate of drug-likeness (QED) is 0.860. The number of anilines is 2. The number of aromatic nitrogens is 3. The van der Waals surface area contributed by atoms with E-state index in [0.717, 1.165) is 0 Å². The summed E-state index contributed by atoms with van der Waals surface area (Å²) in [5.74, 6) is -0.206. The molecule has 17 heavy (non-hydrogen) atoms. The standard InChI is InChI=1S/C10H8ClFN4O/c1-5-9(14-10(17)16-15-5)13-6-2-3-8(12)7(11)4-6/h2-4H,1H3,(H2,13,14,16,17). The lowest BCUT2D eigenvalue weighted by Crippen LogP contribution is -2.15. The molecule has 0 radical (unpaired) electrons. The molecule has 0 bridgehead atoms. The van der Waals surface area contributed by atoms with E-state index in [4.69, 9.17) is 11.6 Å². The SMILES string of the molecule is Cc1n[nH]c(=O)nc1Nc1ccc(F)c(Cl)c1. The van der Waals surface area contributed by atoms with Crippen LogP contribution in [0.5, 0.6) is 0 Å². The van der Waals surface area contributed by atoms with Crippen LogP contribution >= 0.6 is 11.6 Å². The Hall–Kier alpha value is -1.95. The molecule has 88 valence electrons. The summed E-state index contributed by atoms with van der Waals surface area (Å²) < 4.78 is 12.9. The molecule has 2 aromatic rings. The van der Waals surface area contributed by atoms with Crippen molar-refractivity contribution >= 4 is 23.1 Å². The number of hydrogen-bond donors (Lipinski definition) is 2.